The quantitative estimate of drug-likeness (QED) is 0.798. The Labute approximate surface area is 90.3 Å². The van der Waals surface area contributed by atoms with Crippen LogP contribution in [0.2, 0.25) is 0 Å². The Hall–Kier alpha value is -1.93. The molecule has 1 aromatic rings. The van der Waals surface area contributed by atoms with Crippen LogP contribution < -0.4 is 0 Å². The van der Waals surface area contributed by atoms with Gasteiger partial charge in [-0.3, -0.25) is 0 Å². The van der Waals surface area contributed by atoms with Crippen LogP contribution in [0.4, 0.5) is 22.0 Å². The summed E-state index contributed by atoms with van der Waals surface area (Å²) in [4.78, 5) is 13.1. The van der Waals surface area contributed by atoms with Gasteiger partial charge in [0.15, 0.2) is 5.69 Å². The molecule has 0 aromatic carbocycles. The van der Waals surface area contributed by atoms with Gasteiger partial charge in [0, 0.05) is 0 Å². The summed E-state index contributed by atoms with van der Waals surface area (Å²) in [5, 5.41) is 17.3. The summed E-state index contributed by atoms with van der Waals surface area (Å²) in [6, 6.07) is -0.0854. The molecule has 0 saturated heterocycles. The van der Waals surface area contributed by atoms with Gasteiger partial charge < -0.3 is 10.2 Å². The third-order valence-electron chi connectivity index (χ3n) is 1.75. The monoisotopic (exact) mass is 257 g/mol. The van der Waals surface area contributed by atoms with Crippen LogP contribution in [0, 0.1) is 0 Å². The first kappa shape index (κ1) is 13.1. The molecule has 17 heavy (non-hydrogen) atoms. The van der Waals surface area contributed by atoms with Crippen molar-refractivity contribution in [3.8, 4) is 5.75 Å². The van der Waals surface area contributed by atoms with Gasteiger partial charge in [-0.15, -0.1) is 0 Å². The molecule has 0 aliphatic carbocycles. The minimum Gasteiger partial charge on any atom is -0.506 e. The summed E-state index contributed by atoms with van der Waals surface area (Å²) in [5.74, 6) is -3.52. The Kier molecular flexibility index (Phi) is 3.21. The van der Waals surface area contributed by atoms with Gasteiger partial charge in [-0.1, -0.05) is 0 Å². The molecule has 1 aromatic heterocycles. The first-order valence-electron chi connectivity index (χ1n) is 3.97. The summed E-state index contributed by atoms with van der Waals surface area (Å²) in [6.07, 6.45) is -8.49. The highest BCUT2D eigenvalue weighted by molar-refractivity contribution is 5.87. The number of aromatic hydroxyl groups is 1. The van der Waals surface area contributed by atoms with Crippen LogP contribution in [0.5, 0.6) is 5.75 Å². The molecule has 1 heterocycles. The first-order chi connectivity index (χ1) is 7.64. The Balaban J connectivity index is 3.53. The van der Waals surface area contributed by atoms with E-state index >= 15 is 0 Å². The van der Waals surface area contributed by atoms with Crippen LogP contribution in [0.15, 0.2) is 6.07 Å². The van der Waals surface area contributed by atoms with E-state index < -0.39 is 41.3 Å². The molecule has 0 radical (unpaired) electrons. The van der Waals surface area contributed by atoms with E-state index in [1.165, 1.54) is 0 Å². The van der Waals surface area contributed by atoms with Crippen molar-refractivity contribution in [2.75, 3.05) is 0 Å². The lowest BCUT2D eigenvalue weighted by atomic mass is 10.1. The fraction of sp³-hybridized carbons (Fsp3) is 0.250. The van der Waals surface area contributed by atoms with E-state index in [0.717, 1.165) is 0 Å². The number of halogens is 5. The van der Waals surface area contributed by atoms with Crippen molar-refractivity contribution < 1.29 is 37.0 Å². The van der Waals surface area contributed by atoms with E-state index in [1.807, 2.05) is 0 Å². The van der Waals surface area contributed by atoms with Gasteiger partial charge in [0.1, 0.15) is 11.4 Å². The Morgan fingerprint density at radius 3 is 2.24 bits per heavy atom. The third-order valence-corrected chi connectivity index (χ3v) is 1.75. The largest absolute Gasteiger partial charge is 0.506 e. The maximum absolute atomic E-state index is 12.3. The molecule has 0 bridgehead atoms. The molecule has 2 N–H and O–H groups in total. The minimum absolute atomic E-state index is 0.0854. The summed E-state index contributed by atoms with van der Waals surface area (Å²) >= 11 is 0. The predicted octanol–water partition coefficient (Wildman–Crippen LogP) is 2.44. The second-order valence-corrected chi connectivity index (χ2v) is 2.89. The molecule has 0 saturated carbocycles. The Morgan fingerprint density at radius 1 is 1.35 bits per heavy atom. The predicted molar refractivity (Wildman–Crippen MR) is 42.8 cm³/mol. The zero-order valence-electron chi connectivity index (χ0n) is 7.79. The maximum Gasteiger partial charge on any atom is 0.418 e. The standard InChI is InChI=1S/C8H4F5NO3/c9-6(10)5-3(15)1-2(8(11,12)13)4(14-5)7(16)17/h1,6,15H,(H,16,17). The SMILES string of the molecule is O=C(O)c1nc(C(F)F)c(O)cc1C(F)(F)F. The molecule has 0 unspecified atom stereocenters. The molecule has 0 fully saturated rings. The number of aromatic nitrogens is 1. The van der Waals surface area contributed by atoms with Crippen molar-refractivity contribution in [1.29, 1.82) is 0 Å². The second kappa shape index (κ2) is 4.15. The highest BCUT2D eigenvalue weighted by Gasteiger charge is 2.38. The fourth-order valence-corrected chi connectivity index (χ4v) is 1.06. The van der Waals surface area contributed by atoms with E-state index in [1.54, 1.807) is 0 Å². The minimum atomic E-state index is -5.11. The summed E-state index contributed by atoms with van der Waals surface area (Å²) in [7, 11) is 0. The van der Waals surface area contributed by atoms with Gasteiger partial charge in [-0.25, -0.2) is 18.6 Å². The number of carbonyl (C=O) groups is 1. The average Bonchev–Trinajstić information content (AvgIpc) is 2.14. The average molecular weight is 257 g/mol. The second-order valence-electron chi connectivity index (χ2n) is 2.89. The van der Waals surface area contributed by atoms with E-state index in [-0.39, 0.29) is 6.07 Å². The van der Waals surface area contributed by atoms with Gasteiger partial charge in [-0.05, 0) is 6.07 Å². The van der Waals surface area contributed by atoms with Crippen molar-refractivity contribution in [2.45, 2.75) is 12.6 Å². The highest BCUT2D eigenvalue weighted by atomic mass is 19.4. The van der Waals surface area contributed by atoms with Crippen molar-refractivity contribution >= 4 is 5.97 Å². The maximum atomic E-state index is 12.3. The normalized spacial score (nSPS) is 11.9. The molecule has 0 aliphatic rings. The Bertz CT molecular complexity index is 457. The van der Waals surface area contributed by atoms with Gasteiger partial charge in [-0.2, -0.15) is 13.2 Å². The lowest BCUT2D eigenvalue weighted by molar-refractivity contribution is -0.138. The van der Waals surface area contributed by atoms with Crippen LogP contribution in [-0.2, 0) is 6.18 Å². The number of carboxylic acids is 1. The molecule has 0 spiro atoms. The van der Waals surface area contributed by atoms with Crippen LogP contribution in [-0.4, -0.2) is 21.2 Å². The molecule has 1 rings (SSSR count). The number of carboxylic acid groups (broad SMARTS) is 1. The van der Waals surface area contributed by atoms with Gasteiger partial charge in [0.25, 0.3) is 6.43 Å². The Morgan fingerprint density at radius 2 is 1.88 bits per heavy atom. The molecule has 4 nitrogen and oxygen atoms in total. The smallest absolute Gasteiger partial charge is 0.418 e. The number of hydrogen-bond acceptors (Lipinski definition) is 3. The molecule has 94 valence electrons. The van der Waals surface area contributed by atoms with Crippen LogP contribution in [0.1, 0.15) is 28.2 Å². The van der Waals surface area contributed by atoms with Gasteiger partial charge >= 0.3 is 12.1 Å². The van der Waals surface area contributed by atoms with Crippen LogP contribution in [0.3, 0.4) is 0 Å². The first-order valence-corrected chi connectivity index (χ1v) is 3.97. The molecule has 0 aliphatic heterocycles. The zero-order valence-corrected chi connectivity index (χ0v) is 7.79. The third kappa shape index (κ3) is 2.60. The number of alkyl halides is 5. The van der Waals surface area contributed by atoms with Crippen LogP contribution >= 0.6 is 0 Å². The van der Waals surface area contributed by atoms with E-state index in [9.17, 15) is 26.7 Å². The highest BCUT2D eigenvalue weighted by Crippen LogP contribution is 2.36. The van der Waals surface area contributed by atoms with Crippen LogP contribution in [0.25, 0.3) is 0 Å². The lowest BCUT2D eigenvalue weighted by Crippen LogP contribution is -2.16. The van der Waals surface area contributed by atoms with Crippen molar-refractivity contribution in [1.82, 2.24) is 4.98 Å². The van der Waals surface area contributed by atoms with Crippen molar-refractivity contribution in [3.63, 3.8) is 0 Å². The molecular formula is C8H4F5NO3. The van der Waals surface area contributed by atoms with Gasteiger partial charge in [0.05, 0.1) is 5.56 Å². The summed E-state index contributed by atoms with van der Waals surface area (Å²) < 4.78 is 61.4. The van der Waals surface area contributed by atoms with Crippen molar-refractivity contribution in [2.24, 2.45) is 0 Å². The molecule has 0 amide bonds. The molecular weight excluding hydrogens is 253 g/mol. The van der Waals surface area contributed by atoms with E-state index in [2.05, 4.69) is 4.98 Å². The molecule has 9 heteroatoms. The van der Waals surface area contributed by atoms with E-state index in [4.69, 9.17) is 10.2 Å². The zero-order chi connectivity index (χ0) is 13.4. The van der Waals surface area contributed by atoms with Gasteiger partial charge in [0.2, 0.25) is 0 Å². The number of aromatic carboxylic acids is 1. The lowest BCUT2D eigenvalue weighted by Gasteiger charge is -2.12. The number of rotatable bonds is 2. The number of pyridine rings is 1. The summed E-state index contributed by atoms with van der Waals surface area (Å²) in [6.45, 7) is 0. The topological polar surface area (TPSA) is 70.4 Å². The fourth-order valence-electron chi connectivity index (χ4n) is 1.06. The number of nitrogens with zero attached hydrogens (tertiary/aromatic N) is 1. The summed E-state index contributed by atoms with van der Waals surface area (Å²) in [5.41, 5.74) is -4.77. The van der Waals surface area contributed by atoms with Crippen molar-refractivity contribution in [3.05, 3.63) is 23.0 Å². The number of hydrogen-bond donors (Lipinski definition) is 2. The van der Waals surface area contributed by atoms with E-state index in [0.29, 0.717) is 0 Å². The molecule has 0 atom stereocenters.